The zero-order valence-electron chi connectivity index (χ0n) is 13.6. The summed E-state index contributed by atoms with van der Waals surface area (Å²) in [7, 11) is 0. The van der Waals surface area contributed by atoms with Crippen LogP contribution in [0.15, 0.2) is 41.3 Å². The highest BCUT2D eigenvalue weighted by Gasteiger charge is 2.21. The molecule has 2 aromatic heterocycles. The van der Waals surface area contributed by atoms with E-state index >= 15 is 0 Å². The van der Waals surface area contributed by atoms with Gasteiger partial charge in [0.15, 0.2) is 0 Å². The fourth-order valence-electron chi connectivity index (χ4n) is 2.77. The van der Waals surface area contributed by atoms with Gasteiger partial charge in [-0.2, -0.15) is 9.78 Å². The number of carbonyl (C=O) groups is 1. The lowest BCUT2D eigenvalue weighted by molar-refractivity contribution is 0.0933. The van der Waals surface area contributed by atoms with E-state index in [1.165, 1.54) is 15.4 Å². The van der Waals surface area contributed by atoms with Crippen molar-refractivity contribution < 1.29 is 4.79 Å². The summed E-state index contributed by atoms with van der Waals surface area (Å²) in [5, 5.41) is 4.27. The van der Waals surface area contributed by atoms with E-state index in [1.807, 2.05) is 37.3 Å². The van der Waals surface area contributed by atoms with Gasteiger partial charge in [-0.15, -0.1) is 0 Å². The molecule has 0 saturated carbocycles. The van der Waals surface area contributed by atoms with Crippen molar-refractivity contribution in [2.45, 2.75) is 26.9 Å². The molecule has 0 radical (unpaired) electrons. The lowest BCUT2D eigenvalue weighted by Gasteiger charge is -2.08. The van der Waals surface area contributed by atoms with E-state index < -0.39 is 0 Å². The normalized spacial score (nSPS) is 11.0. The van der Waals surface area contributed by atoms with E-state index in [4.69, 9.17) is 5.73 Å². The van der Waals surface area contributed by atoms with Gasteiger partial charge >= 0.3 is 5.69 Å². The molecule has 0 saturated heterocycles. The molecular weight excluding hydrogens is 306 g/mol. The smallest absolute Gasteiger partial charge is 0.326 e. The third kappa shape index (κ3) is 2.69. The summed E-state index contributed by atoms with van der Waals surface area (Å²) >= 11 is 0. The first kappa shape index (κ1) is 15.9. The van der Waals surface area contributed by atoms with Gasteiger partial charge in [0, 0.05) is 24.0 Å². The van der Waals surface area contributed by atoms with E-state index in [2.05, 4.69) is 10.1 Å². The molecular formula is C17H19N5O2. The molecule has 0 bridgehead atoms. The van der Waals surface area contributed by atoms with Crippen LogP contribution >= 0.6 is 0 Å². The third-order valence-corrected chi connectivity index (χ3v) is 4.11. The molecule has 3 rings (SSSR count). The zero-order valence-corrected chi connectivity index (χ0v) is 13.6. The molecule has 0 aliphatic heterocycles. The Morgan fingerprint density at radius 2 is 1.96 bits per heavy atom. The Bertz CT molecular complexity index is 934. The minimum absolute atomic E-state index is 0.262. The van der Waals surface area contributed by atoms with Crippen LogP contribution in [0.25, 0.3) is 0 Å². The summed E-state index contributed by atoms with van der Waals surface area (Å²) in [5.74, 6) is -0.357. The van der Waals surface area contributed by atoms with Gasteiger partial charge < -0.3 is 10.7 Å². The molecule has 2 heterocycles. The fraction of sp³-hybridized carbons (Fsp3) is 0.235. The van der Waals surface area contributed by atoms with Gasteiger partial charge in [-0.1, -0.05) is 30.3 Å². The molecule has 0 fully saturated rings. The van der Waals surface area contributed by atoms with Crippen molar-refractivity contribution in [2.24, 2.45) is 5.73 Å². The van der Waals surface area contributed by atoms with E-state index in [0.717, 1.165) is 16.8 Å². The van der Waals surface area contributed by atoms with Crippen LogP contribution in [0, 0.1) is 13.8 Å². The quantitative estimate of drug-likeness (QED) is 0.752. The summed E-state index contributed by atoms with van der Waals surface area (Å²) in [6.07, 6.45) is 1.42. The van der Waals surface area contributed by atoms with Gasteiger partial charge in [0.25, 0.3) is 5.91 Å². The molecule has 124 valence electrons. The Morgan fingerprint density at radius 1 is 1.25 bits per heavy atom. The molecule has 0 amide bonds. The summed E-state index contributed by atoms with van der Waals surface area (Å²) in [5.41, 5.74) is 8.84. The topological polar surface area (TPSA) is 98.7 Å². The summed E-state index contributed by atoms with van der Waals surface area (Å²) in [4.78, 5) is 27.5. The monoisotopic (exact) mass is 325 g/mol. The van der Waals surface area contributed by atoms with Crippen molar-refractivity contribution >= 4 is 5.91 Å². The molecule has 7 nitrogen and oxygen atoms in total. The predicted octanol–water partition coefficient (Wildman–Crippen LogP) is 1.19. The molecule has 0 spiro atoms. The number of benzene rings is 1. The van der Waals surface area contributed by atoms with Crippen LogP contribution in [-0.2, 0) is 13.1 Å². The standard InChI is InChI=1S/C17H19N5O2/c1-11-14(8-18)12(2)22(20-11)16(23)15-9-19-17(24)21(15)10-13-6-4-3-5-7-13/h3-7,9H,8,10,18H2,1-2H3,(H,19,24). The second-order valence-corrected chi connectivity index (χ2v) is 5.62. The van der Waals surface area contributed by atoms with Crippen molar-refractivity contribution in [3.05, 3.63) is 75.2 Å². The van der Waals surface area contributed by atoms with E-state index in [9.17, 15) is 9.59 Å². The van der Waals surface area contributed by atoms with Crippen molar-refractivity contribution in [1.82, 2.24) is 19.3 Å². The van der Waals surface area contributed by atoms with E-state index in [-0.39, 0.29) is 17.3 Å². The van der Waals surface area contributed by atoms with Crippen LogP contribution in [0.3, 0.4) is 0 Å². The minimum atomic E-state index is -0.357. The maximum atomic E-state index is 12.9. The highest BCUT2D eigenvalue weighted by molar-refractivity contribution is 5.94. The number of rotatable bonds is 4. The van der Waals surface area contributed by atoms with Gasteiger partial charge in [0.1, 0.15) is 5.69 Å². The summed E-state index contributed by atoms with van der Waals surface area (Å²) < 4.78 is 2.72. The van der Waals surface area contributed by atoms with Gasteiger partial charge in [-0.3, -0.25) is 9.36 Å². The number of hydrogen-bond donors (Lipinski definition) is 2. The zero-order chi connectivity index (χ0) is 17.3. The molecule has 1 aromatic carbocycles. The van der Waals surface area contributed by atoms with Crippen LogP contribution in [0.4, 0.5) is 0 Å². The number of aromatic amines is 1. The van der Waals surface area contributed by atoms with Crippen molar-refractivity contribution in [3.8, 4) is 0 Å². The lowest BCUT2D eigenvalue weighted by atomic mass is 10.2. The largest absolute Gasteiger partial charge is 0.326 e. The maximum absolute atomic E-state index is 12.9. The molecule has 24 heavy (non-hydrogen) atoms. The number of imidazole rings is 1. The number of carbonyl (C=O) groups excluding carboxylic acids is 1. The van der Waals surface area contributed by atoms with Crippen LogP contribution in [-0.4, -0.2) is 25.2 Å². The predicted molar refractivity (Wildman–Crippen MR) is 89.9 cm³/mol. The Labute approximate surface area is 138 Å². The van der Waals surface area contributed by atoms with Crippen molar-refractivity contribution in [3.63, 3.8) is 0 Å². The first-order valence-electron chi connectivity index (χ1n) is 7.65. The first-order chi connectivity index (χ1) is 11.5. The van der Waals surface area contributed by atoms with Crippen molar-refractivity contribution in [2.75, 3.05) is 0 Å². The Balaban J connectivity index is 2.02. The molecule has 0 aliphatic carbocycles. The minimum Gasteiger partial charge on any atom is -0.326 e. The molecule has 3 aromatic rings. The Hall–Kier alpha value is -2.93. The maximum Gasteiger partial charge on any atom is 0.326 e. The van der Waals surface area contributed by atoms with Gasteiger partial charge in [0.05, 0.1) is 12.2 Å². The van der Waals surface area contributed by atoms with Crippen LogP contribution in [0.2, 0.25) is 0 Å². The highest BCUT2D eigenvalue weighted by Crippen LogP contribution is 2.14. The van der Waals surface area contributed by atoms with Crippen molar-refractivity contribution in [1.29, 1.82) is 0 Å². The van der Waals surface area contributed by atoms with Gasteiger partial charge in [-0.05, 0) is 19.4 Å². The number of H-pyrrole nitrogens is 1. The average Bonchev–Trinajstić information content (AvgIpc) is 3.08. The summed E-state index contributed by atoms with van der Waals surface area (Å²) in [6.45, 7) is 4.24. The lowest BCUT2D eigenvalue weighted by Crippen LogP contribution is -2.25. The van der Waals surface area contributed by atoms with Crippen LogP contribution in [0.5, 0.6) is 0 Å². The van der Waals surface area contributed by atoms with Crippen LogP contribution in [0.1, 0.15) is 33.0 Å². The van der Waals surface area contributed by atoms with E-state index in [0.29, 0.717) is 18.8 Å². The highest BCUT2D eigenvalue weighted by atomic mass is 16.2. The van der Waals surface area contributed by atoms with Crippen LogP contribution < -0.4 is 11.4 Å². The third-order valence-electron chi connectivity index (χ3n) is 4.11. The number of aryl methyl sites for hydroxylation is 1. The van der Waals surface area contributed by atoms with Gasteiger partial charge in [-0.25, -0.2) is 4.79 Å². The SMILES string of the molecule is Cc1nn(C(=O)c2c[nH]c(=O)n2Cc2ccccc2)c(C)c1CN. The Morgan fingerprint density at radius 3 is 2.58 bits per heavy atom. The second-order valence-electron chi connectivity index (χ2n) is 5.62. The number of nitrogens with zero attached hydrogens (tertiary/aromatic N) is 3. The summed E-state index contributed by atoms with van der Waals surface area (Å²) in [6, 6.07) is 9.50. The molecule has 7 heteroatoms. The Kier molecular flexibility index (Phi) is 4.18. The molecule has 0 aliphatic rings. The first-order valence-corrected chi connectivity index (χ1v) is 7.65. The average molecular weight is 325 g/mol. The number of nitrogens with one attached hydrogen (secondary N) is 1. The van der Waals surface area contributed by atoms with E-state index in [1.54, 1.807) is 6.92 Å². The molecule has 3 N–H and O–H groups in total. The van der Waals surface area contributed by atoms with Gasteiger partial charge in [0.2, 0.25) is 0 Å². The number of nitrogens with two attached hydrogens (primary N) is 1. The molecule has 0 unspecified atom stereocenters. The fourth-order valence-corrected chi connectivity index (χ4v) is 2.77. The number of hydrogen-bond acceptors (Lipinski definition) is 4. The second kappa shape index (κ2) is 6.29. The number of aromatic nitrogens is 4. The molecule has 0 atom stereocenters.